The average Bonchev–Trinajstić information content (AvgIpc) is 2.74. The van der Waals surface area contributed by atoms with Crippen molar-refractivity contribution in [2.75, 3.05) is 17.2 Å². The molecule has 4 N–H and O–H groups in total. The Morgan fingerprint density at radius 3 is 2.48 bits per heavy atom. The van der Waals surface area contributed by atoms with E-state index in [9.17, 15) is 14.7 Å². The number of aromatic nitrogens is 1. The van der Waals surface area contributed by atoms with Crippen LogP contribution in [0.1, 0.15) is 27.5 Å². The summed E-state index contributed by atoms with van der Waals surface area (Å²) in [6, 6.07) is 13.7. The third kappa shape index (κ3) is 6.18. The minimum atomic E-state index is -0.611. The first kappa shape index (κ1) is 22.6. The number of amides is 3. The monoisotopic (exact) mass is 458 g/mol. The average molecular weight is 459 g/mol. The molecule has 9 heteroatoms. The summed E-state index contributed by atoms with van der Waals surface area (Å²) in [5, 5.41) is 18.8. The van der Waals surface area contributed by atoms with Crippen molar-refractivity contribution in [1.82, 2.24) is 10.3 Å². The fraction of sp³-hybridized carbons (Fsp3) is 0.136. The van der Waals surface area contributed by atoms with Gasteiger partial charge in [-0.15, -0.1) is 0 Å². The van der Waals surface area contributed by atoms with Gasteiger partial charge in [0.05, 0.1) is 17.7 Å². The fourth-order valence-corrected chi connectivity index (χ4v) is 3.29. The predicted octanol–water partition coefficient (Wildman–Crippen LogP) is 4.80. The zero-order chi connectivity index (χ0) is 22.4. The van der Waals surface area contributed by atoms with Crippen molar-refractivity contribution in [2.24, 2.45) is 0 Å². The normalized spacial score (nSPS) is 11.5. The summed E-state index contributed by atoms with van der Waals surface area (Å²) in [5.41, 5.74) is 2.35. The van der Waals surface area contributed by atoms with Gasteiger partial charge >= 0.3 is 6.03 Å². The molecule has 1 heterocycles. The molecule has 0 spiro atoms. The van der Waals surface area contributed by atoms with Crippen molar-refractivity contribution < 1.29 is 14.7 Å². The largest absolute Gasteiger partial charge is 0.394 e. The number of aryl methyl sites for hydroxylation is 1. The summed E-state index contributed by atoms with van der Waals surface area (Å²) in [4.78, 5) is 28.9. The second kappa shape index (κ2) is 10.3. The van der Waals surface area contributed by atoms with E-state index >= 15 is 0 Å². The Morgan fingerprint density at radius 1 is 1.03 bits per heavy atom. The number of aliphatic hydroxyl groups excluding tert-OH is 1. The number of hydrogen-bond donors (Lipinski definition) is 4. The van der Waals surface area contributed by atoms with Gasteiger partial charge in [-0.1, -0.05) is 35.3 Å². The molecule has 0 aliphatic carbocycles. The minimum Gasteiger partial charge on any atom is -0.394 e. The number of benzene rings is 2. The highest BCUT2D eigenvalue weighted by Crippen LogP contribution is 2.22. The van der Waals surface area contributed by atoms with Crippen LogP contribution in [0.2, 0.25) is 10.0 Å². The van der Waals surface area contributed by atoms with Gasteiger partial charge in [0.2, 0.25) is 0 Å². The lowest BCUT2D eigenvalue weighted by atomic mass is 10.0. The quantitative estimate of drug-likeness (QED) is 0.425. The number of carbonyl (C=O) groups is 2. The number of nitrogens with one attached hydrogen (secondary N) is 3. The molecule has 2 aromatic carbocycles. The second-order valence-corrected chi connectivity index (χ2v) is 7.60. The van der Waals surface area contributed by atoms with E-state index in [0.717, 1.165) is 11.1 Å². The number of urea groups is 1. The SMILES string of the molecule is Cc1cc(Cl)ccc1C(CO)NC(=O)Nc1cccc(C(=O)Nc2ccc(Cl)cn2)c1. The summed E-state index contributed by atoms with van der Waals surface area (Å²) in [5.74, 6) is -0.0291. The van der Waals surface area contributed by atoms with Crippen LogP contribution in [0.25, 0.3) is 0 Å². The predicted molar refractivity (Wildman–Crippen MR) is 122 cm³/mol. The minimum absolute atomic E-state index is 0.285. The number of rotatable bonds is 6. The topological polar surface area (TPSA) is 103 Å². The highest BCUT2D eigenvalue weighted by atomic mass is 35.5. The number of nitrogens with zero attached hydrogens (tertiary/aromatic N) is 1. The molecule has 1 unspecified atom stereocenters. The van der Waals surface area contributed by atoms with E-state index in [1.54, 1.807) is 48.5 Å². The molecule has 0 aliphatic rings. The van der Waals surface area contributed by atoms with Crippen molar-refractivity contribution >= 4 is 46.6 Å². The zero-order valence-electron chi connectivity index (χ0n) is 16.5. The van der Waals surface area contributed by atoms with Crippen LogP contribution in [0.3, 0.4) is 0 Å². The second-order valence-electron chi connectivity index (χ2n) is 6.73. The van der Waals surface area contributed by atoms with Crippen molar-refractivity contribution in [2.45, 2.75) is 13.0 Å². The molecule has 0 radical (unpaired) electrons. The molecule has 1 atom stereocenters. The molecular weight excluding hydrogens is 439 g/mol. The van der Waals surface area contributed by atoms with Crippen LogP contribution in [0.15, 0.2) is 60.8 Å². The first-order valence-electron chi connectivity index (χ1n) is 9.33. The summed E-state index contributed by atoms with van der Waals surface area (Å²) >= 11 is 11.8. The molecule has 0 bridgehead atoms. The lowest BCUT2D eigenvalue weighted by Gasteiger charge is -2.19. The van der Waals surface area contributed by atoms with Crippen molar-refractivity contribution in [1.29, 1.82) is 0 Å². The highest BCUT2D eigenvalue weighted by Gasteiger charge is 2.16. The van der Waals surface area contributed by atoms with E-state index in [4.69, 9.17) is 23.2 Å². The summed E-state index contributed by atoms with van der Waals surface area (Å²) < 4.78 is 0. The summed E-state index contributed by atoms with van der Waals surface area (Å²) in [6.07, 6.45) is 1.43. The van der Waals surface area contributed by atoms with E-state index in [1.165, 1.54) is 12.3 Å². The van der Waals surface area contributed by atoms with Gasteiger partial charge in [-0.05, 0) is 60.5 Å². The maximum atomic E-state index is 12.5. The molecular formula is C22H20Cl2N4O3. The van der Waals surface area contributed by atoms with Gasteiger partial charge in [0, 0.05) is 22.5 Å². The Hall–Kier alpha value is -3.13. The molecule has 31 heavy (non-hydrogen) atoms. The van der Waals surface area contributed by atoms with Gasteiger partial charge in [-0.2, -0.15) is 0 Å². The lowest BCUT2D eigenvalue weighted by molar-refractivity contribution is 0.102. The van der Waals surface area contributed by atoms with Gasteiger partial charge < -0.3 is 21.1 Å². The highest BCUT2D eigenvalue weighted by molar-refractivity contribution is 6.30. The Labute approximate surface area is 189 Å². The molecule has 0 saturated heterocycles. The molecule has 0 saturated carbocycles. The van der Waals surface area contributed by atoms with E-state index < -0.39 is 12.1 Å². The number of pyridine rings is 1. The van der Waals surface area contributed by atoms with Crippen LogP contribution in [-0.2, 0) is 0 Å². The third-order valence-electron chi connectivity index (χ3n) is 4.45. The van der Waals surface area contributed by atoms with Gasteiger partial charge in [-0.3, -0.25) is 4.79 Å². The van der Waals surface area contributed by atoms with Gasteiger partial charge in [0.15, 0.2) is 0 Å². The molecule has 3 rings (SSSR count). The maximum Gasteiger partial charge on any atom is 0.319 e. The number of hydrogen-bond acceptors (Lipinski definition) is 4. The molecule has 7 nitrogen and oxygen atoms in total. The van der Waals surface area contributed by atoms with Crippen LogP contribution >= 0.6 is 23.2 Å². The van der Waals surface area contributed by atoms with E-state index in [-0.39, 0.29) is 12.5 Å². The molecule has 160 valence electrons. The van der Waals surface area contributed by atoms with Crippen LogP contribution < -0.4 is 16.0 Å². The summed E-state index contributed by atoms with van der Waals surface area (Å²) in [7, 11) is 0. The zero-order valence-corrected chi connectivity index (χ0v) is 18.0. The number of halogens is 2. The van der Waals surface area contributed by atoms with Crippen LogP contribution in [0.5, 0.6) is 0 Å². The van der Waals surface area contributed by atoms with Crippen molar-refractivity contribution in [3.8, 4) is 0 Å². The summed E-state index contributed by atoms with van der Waals surface area (Å²) in [6.45, 7) is 1.56. The lowest BCUT2D eigenvalue weighted by Crippen LogP contribution is -2.34. The van der Waals surface area contributed by atoms with Gasteiger partial charge in [0.1, 0.15) is 5.82 Å². The third-order valence-corrected chi connectivity index (χ3v) is 4.91. The number of carbonyl (C=O) groups excluding carboxylic acids is 2. The van der Waals surface area contributed by atoms with Crippen LogP contribution in [0.4, 0.5) is 16.3 Å². The Bertz CT molecular complexity index is 1090. The van der Waals surface area contributed by atoms with Crippen molar-refractivity contribution in [3.63, 3.8) is 0 Å². The van der Waals surface area contributed by atoms with Gasteiger partial charge in [0.25, 0.3) is 5.91 Å². The first-order valence-corrected chi connectivity index (χ1v) is 10.1. The Morgan fingerprint density at radius 2 is 1.81 bits per heavy atom. The fourth-order valence-electron chi connectivity index (χ4n) is 2.95. The standard InChI is InChI=1S/C22H20Cl2N4O3/c1-13-9-15(23)5-7-18(13)19(12-29)27-22(31)26-17-4-2-3-14(10-17)21(30)28-20-8-6-16(24)11-25-20/h2-11,19,29H,12H2,1H3,(H,25,28,30)(H2,26,27,31). The van der Waals surface area contributed by atoms with Crippen molar-refractivity contribution in [3.05, 3.63) is 87.5 Å². The van der Waals surface area contributed by atoms with E-state index in [0.29, 0.717) is 27.1 Å². The maximum absolute atomic E-state index is 12.5. The molecule has 3 aromatic rings. The number of aliphatic hydroxyl groups is 1. The molecule has 1 aromatic heterocycles. The molecule has 0 fully saturated rings. The van der Waals surface area contributed by atoms with E-state index in [1.807, 2.05) is 6.92 Å². The smallest absolute Gasteiger partial charge is 0.319 e. The molecule has 3 amide bonds. The Balaban J connectivity index is 1.66. The van der Waals surface area contributed by atoms with Gasteiger partial charge in [-0.25, -0.2) is 9.78 Å². The number of anilines is 2. The Kier molecular flexibility index (Phi) is 7.46. The van der Waals surface area contributed by atoms with Crippen LogP contribution in [0, 0.1) is 6.92 Å². The van der Waals surface area contributed by atoms with E-state index in [2.05, 4.69) is 20.9 Å². The molecule has 0 aliphatic heterocycles. The van der Waals surface area contributed by atoms with Crippen LogP contribution in [-0.4, -0.2) is 28.6 Å². The first-order chi connectivity index (χ1) is 14.9.